The number of ketones is 1. The molecule has 7 nitrogen and oxygen atoms in total. The summed E-state index contributed by atoms with van der Waals surface area (Å²) in [6.45, 7) is 0. The number of hydrogen-bond donors (Lipinski definition) is 1. The molecule has 3 aromatic rings. The minimum atomic E-state index is -0.871. The molecule has 1 aliphatic heterocycles. The van der Waals surface area contributed by atoms with Crippen molar-refractivity contribution in [1.82, 2.24) is 0 Å². The summed E-state index contributed by atoms with van der Waals surface area (Å²) in [6, 6.07) is 21.9. The van der Waals surface area contributed by atoms with E-state index in [4.69, 9.17) is 9.47 Å². The third-order valence-electron chi connectivity index (χ3n) is 5.97. The number of rotatable bonds is 8. The standard InChI is InChI=1S/C28H25NO6/c1-34-22-14-12-19(13-15-22)25-24(23(30)16-11-18-7-4-3-5-8-18)26(31)27(32)29(25)21-10-6-9-20(17-21)28(33)35-2/h3-10,12-15,17,25,31H,11,16H2,1-2H3. The van der Waals surface area contributed by atoms with Gasteiger partial charge < -0.3 is 14.6 Å². The average Bonchev–Trinajstić information content (AvgIpc) is 3.17. The minimum Gasteiger partial charge on any atom is -0.503 e. The Morgan fingerprint density at radius 3 is 2.31 bits per heavy atom. The van der Waals surface area contributed by atoms with Crippen molar-refractivity contribution in [2.75, 3.05) is 19.1 Å². The van der Waals surface area contributed by atoms with Gasteiger partial charge in [0.05, 0.1) is 31.4 Å². The molecule has 35 heavy (non-hydrogen) atoms. The molecule has 0 aromatic heterocycles. The molecular formula is C28H25NO6. The van der Waals surface area contributed by atoms with Crippen LogP contribution in [0.5, 0.6) is 5.75 Å². The van der Waals surface area contributed by atoms with Crippen LogP contribution in [0.3, 0.4) is 0 Å². The molecule has 0 bridgehead atoms. The van der Waals surface area contributed by atoms with Crippen molar-refractivity contribution >= 4 is 23.3 Å². The number of hydrogen-bond acceptors (Lipinski definition) is 6. The Balaban J connectivity index is 1.75. The fraction of sp³-hybridized carbons (Fsp3) is 0.179. The van der Waals surface area contributed by atoms with Gasteiger partial charge in [-0.15, -0.1) is 0 Å². The smallest absolute Gasteiger partial charge is 0.337 e. The first kappa shape index (κ1) is 23.8. The van der Waals surface area contributed by atoms with Gasteiger partial charge in [-0.05, 0) is 47.9 Å². The lowest BCUT2D eigenvalue weighted by Gasteiger charge is -2.27. The van der Waals surface area contributed by atoms with E-state index in [1.54, 1.807) is 49.6 Å². The van der Waals surface area contributed by atoms with Crippen LogP contribution in [0.2, 0.25) is 0 Å². The van der Waals surface area contributed by atoms with E-state index in [-0.39, 0.29) is 23.3 Å². The highest BCUT2D eigenvalue weighted by molar-refractivity contribution is 6.16. The lowest BCUT2D eigenvalue weighted by molar-refractivity contribution is -0.118. The number of esters is 1. The first-order valence-corrected chi connectivity index (χ1v) is 11.1. The Bertz CT molecular complexity index is 1280. The zero-order chi connectivity index (χ0) is 24.9. The van der Waals surface area contributed by atoms with Crippen molar-refractivity contribution in [3.05, 3.63) is 107 Å². The molecule has 0 spiro atoms. The number of nitrogens with zero attached hydrogens (tertiary/aromatic N) is 1. The molecule has 1 heterocycles. The van der Waals surface area contributed by atoms with Gasteiger partial charge in [0.25, 0.3) is 5.91 Å². The summed E-state index contributed by atoms with van der Waals surface area (Å²) >= 11 is 0. The Hall–Kier alpha value is -4.39. The summed E-state index contributed by atoms with van der Waals surface area (Å²) in [5, 5.41) is 10.9. The molecule has 178 valence electrons. The van der Waals surface area contributed by atoms with Gasteiger partial charge in [0.2, 0.25) is 0 Å². The number of methoxy groups -OCH3 is 2. The van der Waals surface area contributed by atoms with E-state index >= 15 is 0 Å². The van der Waals surface area contributed by atoms with Crippen LogP contribution in [0.25, 0.3) is 0 Å². The van der Waals surface area contributed by atoms with Crippen LogP contribution in [-0.2, 0) is 20.7 Å². The zero-order valence-electron chi connectivity index (χ0n) is 19.4. The number of aliphatic hydroxyl groups is 1. The van der Waals surface area contributed by atoms with Gasteiger partial charge in [-0.25, -0.2) is 4.79 Å². The lowest BCUT2D eigenvalue weighted by atomic mass is 9.93. The molecule has 1 amide bonds. The van der Waals surface area contributed by atoms with Crippen LogP contribution < -0.4 is 9.64 Å². The minimum absolute atomic E-state index is 0.0274. The molecule has 7 heteroatoms. The van der Waals surface area contributed by atoms with E-state index in [0.717, 1.165) is 5.56 Å². The molecule has 4 rings (SSSR count). The Labute approximate surface area is 203 Å². The maximum Gasteiger partial charge on any atom is 0.337 e. The van der Waals surface area contributed by atoms with E-state index in [1.807, 2.05) is 30.3 Å². The lowest BCUT2D eigenvalue weighted by Crippen LogP contribution is -2.31. The fourth-order valence-electron chi connectivity index (χ4n) is 4.20. The number of anilines is 1. The average molecular weight is 472 g/mol. The van der Waals surface area contributed by atoms with E-state index in [9.17, 15) is 19.5 Å². The highest BCUT2D eigenvalue weighted by Crippen LogP contribution is 2.42. The summed E-state index contributed by atoms with van der Waals surface area (Å²) in [4.78, 5) is 40.1. The summed E-state index contributed by atoms with van der Waals surface area (Å²) in [6.07, 6.45) is 0.594. The van der Waals surface area contributed by atoms with Crippen LogP contribution in [0, 0.1) is 0 Å². The van der Waals surface area contributed by atoms with Crippen molar-refractivity contribution < 1.29 is 29.0 Å². The summed E-state index contributed by atoms with van der Waals surface area (Å²) in [7, 11) is 2.82. The Morgan fingerprint density at radius 1 is 0.943 bits per heavy atom. The van der Waals surface area contributed by atoms with Gasteiger partial charge in [-0.1, -0.05) is 48.5 Å². The Morgan fingerprint density at radius 2 is 1.66 bits per heavy atom. The molecule has 0 fully saturated rings. The number of carbonyl (C=O) groups is 3. The number of carbonyl (C=O) groups excluding carboxylic acids is 3. The summed E-state index contributed by atoms with van der Waals surface area (Å²) in [5.41, 5.74) is 2.23. The highest BCUT2D eigenvalue weighted by Gasteiger charge is 2.44. The summed E-state index contributed by atoms with van der Waals surface area (Å²) < 4.78 is 10.0. The van der Waals surface area contributed by atoms with Crippen LogP contribution >= 0.6 is 0 Å². The fourth-order valence-corrected chi connectivity index (χ4v) is 4.20. The molecule has 1 atom stereocenters. The van der Waals surface area contributed by atoms with E-state index in [1.165, 1.54) is 18.1 Å². The Kier molecular flexibility index (Phi) is 6.96. The monoisotopic (exact) mass is 471 g/mol. The first-order chi connectivity index (χ1) is 16.9. The maximum absolute atomic E-state index is 13.4. The summed E-state index contributed by atoms with van der Waals surface area (Å²) in [5.74, 6) is -1.58. The second-order valence-corrected chi connectivity index (χ2v) is 8.06. The normalized spacial score (nSPS) is 15.3. The second kappa shape index (κ2) is 10.3. The zero-order valence-corrected chi connectivity index (χ0v) is 19.4. The molecule has 0 radical (unpaired) electrons. The predicted octanol–water partition coefficient (Wildman–Crippen LogP) is 4.58. The quantitative estimate of drug-likeness (QED) is 0.483. The second-order valence-electron chi connectivity index (χ2n) is 8.06. The van der Waals surface area contributed by atoms with Gasteiger partial charge >= 0.3 is 5.97 Å². The number of aliphatic hydroxyl groups excluding tert-OH is 1. The van der Waals surface area contributed by atoms with Gasteiger partial charge in [0.1, 0.15) is 5.75 Å². The van der Waals surface area contributed by atoms with Crippen LogP contribution in [0.1, 0.15) is 33.9 Å². The highest BCUT2D eigenvalue weighted by atomic mass is 16.5. The molecule has 0 saturated carbocycles. The number of ether oxygens (including phenoxy) is 2. The van der Waals surface area contributed by atoms with Gasteiger partial charge in [-0.2, -0.15) is 0 Å². The number of amides is 1. The van der Waals surface area contributed by atoms with Gasteiger partial charge in [0.15, 0.2) is 11.5 Å². The first-order valence-electron chi connectivity index (χ1n) is 11.1. The van der Waals surface area contributed by atoms with Gasteiger partial charge in [0, 0.05) is 12.1 Å². The SMILES string of the molecule is COC(=O)c1cccc(N2C(=O)C(O)=C(C(=O)CCc3ccccc3)C2c2ccc(OC)cc2)c1. The molecule has 1 unspecified atom stereocenters. The molecule has 0 saturated heterocycles. The van der Waals surface area contributed by atoms with Crippen molar-refractivity contribution in [2.24, 2.45) is 0 Å². The van der Waals surface area contributed by atoms with E-state index in [2.05, 4.69) is 0 Å². The topological polar surface area (TPSA) is 93.1 Å². The molecule has 3 aromatic carbocycles. The van der Waals surface area contributed by atoms with Crippen LogP contribution in [0.15, 0.2) is 90.2 Å². The van der Waals surface area contributed by atoms with E-state index < -0.39 is 23.7 Å². The predicted molar refractivity (Wildman–Crippen MR) is 130 cm³/mol. The van der Waals surface area contributed by atoms with Crippen LogP contribution in [0.4, 0.5) is 5.69 Å². The molecule has 1 N–H and O–H groups in total. The molecule has 1 aliphatic rings. The largest absolute Gasteiger partial charge is 0.503 e. The maximum atomic E-state index is 13.4. The van der Waals surface area contributed by atoms with Crippen molar-refractivity contribution in [3.8, 4) is 5.75 Å². The van der Waals surface area contributed by atoms with Crippen molar-refractivity contribution in [3.63, 3.8) is 0 Å². The molecular weight excluding hydrogens is 446 g/mol. The number of benzene rings is 3. The third-order valence-corrected chi connectivity index (χ3v) is 5.97. The van der Waals surface area contributed by atoms with Crippen LogP contribution in [-0.4, -0.2) is 37.0 Å². The van der Waals surface area contributed by atoms with Gasteiger partial charge in [-0.3, -0.25) is 14.5 Å². The number of aryl methyl sites for hydroxylation is 1. The van der Waals surface area contributed by atoms with E-state index in [0.29, 0.717) is 23.4 Å². The number of Topliss-reactive ketones (excluding diaryl/α,β-unsaturated/α-hetero) is 1. The third kappa shape index (κ3) is 4.80. The van der Waals surface area contributed by atoms with Crippen molar-refractivity contribution in [2.45, 2.75) is 18.9 Å². The van der Waals surface area contributed by atoms with Crippen molar-refractivity contribution in [1.29, 1.82) is 0 Å². The molecule has 0 aliphatic carbocycles.